The van der Waals surface area contributed by atoms with Crippen LogP contribution in [0.25, 0.3) is 0 Å². The largest absolute Gasteiger partial charge is 0.291 e. The molecule has 0 unspecified atom stereocenters. The minimum Gasteiger partial charge on any atom is -0.291 e. The summed E-state index contributed by atoms with van der Waals surface area (Å²) in [5.74, 6) is 0.0807. The zero-order chi connectivity index (χ0) is 20.1. The molecular weight excluding hydrogens is 344 g/mol. The molecule has 0 heterocycles. The second-order valence-electron chi connectivity index (χ2n) is 6.99. The topological polar surface area (TPSA) is 41.1 Å². The van der Waals surface area contributed by atoms with Crippen LogP contribution in [0, 0.1) is 0 Å². The number of amides is 1. The van der Waals surface area contributed by atoms with Crippen LogP contribution in [0.5, 0.6) is 0 Å². The van der Waals surface area contributed by atoms with E-state index in [2.05, 4.69) is 54.2 Å². The number of nitrogens with one attached hydrogen (secondary N) is 2. The molecule has 0 aliphatic rings. The van der Waals surface area contributed by atoms with Crippen LogP contribution in [-0.2, 0) is 11.3 Å². The van der Waals surface area contributed by atoms with Crippen molar-refractivity contribution < 1.29 is 4.79 Å². The Hall–Kier alpha value is -2.13. The van der Waals surface area contributed by atoms with Crippen molar-refractivity contribution >= 4 is 5.91 Å². The molecule has 0 radical (unpaired) electrons. The minimum absolute atomic E-state index is 0.0807. The second kappa shape index (κ2) is 18.2. The van der Waals surface area contributed by atoms with E-state index >= 15 is 0 Å². The fourth-order valence-electron chi connectivity index (χ4n) is 2.81. The lowest BCUT2D eigenvalue weighted by Gasteiger charge is -2.07. The zero-order valence-corrected chi connectivity index (χ0v) is 17.5. The Morgan fingerprint density at radius 2 is 1.46 bits per heavy atom. The Labute approximate surface area is 172 Å². The third-order valence-corrected chi connectivity index (χ3v) is 4.42. The van der Waals surface area contributed by atoms with E-state index in [1.807, 2.05) is 30.3 Å². The van der Waals surface area contributed by atoms with E-state index in [-0.39, 0.29) is 5.91 Å². The lowest BCUT2D eigenvalue weighted by molar-refractivity contribution is -0.122. The summed E-state index contributed by atoms with van der Waals surface area (Å²) in [7, 11) is 0. The number of hydrogen-bond acceptors (Lipinski definition) is 2. The van der Waals surface area contributed by atoms with Gasteiger partial charge in [0.2, 0.25) is 5.91 Å². The first-order valence-corrected chi connectivity index (χ1v) is 10.8. The first-order chi connectivity index (χ1) is 13.8. The minimum atomic E-state index is 0.0807. The van der Waals surface area contributed by atoms with Gasteiger partial charge in [0.05, 0.1) is 0 Å². The third-order valence-electron chi connectivity index (χ3n) is 4.42. The summed E-state index contributed by atoms with van der Waals surface area (Å²) in [5, 5.41) is 0. The smallest absolute Gasteiger partial charge is 0.234 e. The van der Waals surface area contributed by atoms with Crippen LogP contribution in [0.1, 0.15) is 76.7 Å². The van der Waals surface area contributed by atoms with Crippen LogP contribution in [0.2, 0.25) is 0 Å². The first kappa shape index (κ1) is 23.9. The molecule has 1 aromatic carbocycles. The molecule has 0 bridgehead atoms. The number of hydrazine groups is 1. The molecule has 0 saturated carbocycles. The van der Waals surface area contributed by atoms with Gasteiger partial charge in [-0.1, -0.05) is 93.0 Å². The SMILES string of the molecule is CCC=CCC=CCC=CCCCCCCCC(=O)NNCc1ccccc1. The van der Waals surface area contributed by atoms with Crippen molar-refractivity contribution in [3.8, 4) is 0 Å². The summed E-state index contributed by atoms with van der Waals surface area (Å²) in [6.07, 6.45) is 24.2. The van der Waals surface area contributed by atoms with E-state index in [0.717, 1.165) is 44.1 Å². The number of benzene rings is 1. The van der Waals surface area contributed by atoms with Crippen molar-refractivity contribution in [2.75, 3.05) is 0 Å². The van der Waals surface area contributed by atoms with Crippen LogP contribution < -0.4 is 10.9 Å². The van der Waals surface area contributed by atoms with Crippen LogP contribution in [0.3, 0.4) is 0 Å². The lowest BCUT2D eigenvalue weighted by atomic mass is 10.1. The quantitative estimate of drug-likeness (QED) is 0.197. The number of unbranched alkanes of at least 4 members (excludes halogenated alkanes) is 5. The van der Waals surface area contributed by atoms with Gasteiger partial charge in [0.15, 0.2) is 0 Å². The van der Waals surface area contributed by atoms with E-state index in [0.29, 0.717) is 13.0 Å². The molecule has 1 rings (SSSR count). The monoisotopic (exact) mass is 382 g/mol. The van der Waals surface area contributed by atoms with Crippen molar-refractivity contribution in [2.45, 2.75) is 77.7 Å². The third kappa shape index (κ3) is 15.0. The van der Waals surface area contributed by atoms with Crippen LogP contribution in [-0.4, -0.2) is 5.91 Å². The van der Waals surface area contributed by atoms with Gasteiger partial charge in [-0.2, -0.15) is 0 Å². The average Bonchev–Trinajstić information content (AvgIpc) is 2.71. The van der Waals surface area contributed by atoms with E-state index in [9.17, 15) is 4.79 Å². The maximum atomic E-state index is 11.8. The van der Waals surface area contributed by atoms with Crippen molar-refractivity contribution in [3.05, 3.63) is 72.4 Å². The molecule has 0 aliphatic heterocycles. The van der Waals surface area contributed by atoms with E-state index in [1.54, 1.807) is 0 Å². The first-order valence-electron chi connectivity index (χ1n) is 10.8. The number of carbonyl (C=O) groups is 1. The molecule has 28 heavy (non-hydrogen) atoms. The molecule has 1 aromatic rings. The van der Waals surface area contributed by atoms with Gasteiger partial charge >= 0.3 is 0 Å². The van der Waals surface area contributed by atoms with E-state index in [1.165, 1.54) is 19.3 Å². The van der Waals surface area contributed by atoms with Crippen molar-refractivity contribution in [1.29, 1.82) is 0 Å². The molecule has 0 saturated heterocycles. The molecule has 3 nitrogen and oxygen atoms in total. The maximum Gasteiger partial charge on any atom is 0.234 e. The fraction of sp³-hybridized carbons (Fsp3) is 0.480. The maximum absolute atomic E-state index is 11.8. The van der Waals surface area contributed by atoms with Gasteiger partial charge in [0.1, 0.15) is 0 Å². The van der Waals surface area contributed by atoms with Gasteiger partial charge < -0.3 is 0 Å². The zero-order valence-electron chi connectivity index (χ0n) is 17.5. The van der Waals surface area contributed by atoms with Gasteiger partial charge in [-0.25, -0.2) is 5.43 Å². The molecular formula is C25H38N2O. The summed E-state index contributed by atoms with van der Waals surface area (Å²) >= 11 is 0. The van der Waals surface area contributed by atoms with Crippen molar-refractivity contribution in [2.24, 2.45) is 0 Å². The summed E-state index contributed by atoms with van der Waals surface area (Å²) < 4.78 is 0. The van der Waals surface area contributed by atoms with E-state index in [4.69, 9.17) is 0 Å². The van der Waals surface area contributed by atoms with Crippen LogP contribution >= 0.6 is 0 Å². The Morgan fingerprint density at radius 3 is 2.21 bits per heavy atom. The highest BCUT2D eigenvalue weighted by Crippen LogP contribution is 2.08. The highest BCUT2D eigenvalue weighted by atomic mass is 16.2. The molecule has 3 heteroatoms. The van der Waals surface area contributed by atoms with Gasteiger partial charge in [-0.15, -0.1) is 0 Å². The summed E-state index contributed by atoms with van der Waals surface area (Å²) in [5.41, 5.74) is 6.93. The second-order valence-corrected chi connectivity index (χ2v) is 6.99. The highest BCUT2D eigenvalue weighted by Gasteiger charge is 2.00. The molecule has 0 aromatic heterocycles. The number of rotatable bonds is 16. The molecule has 0 spiro atoms. The van der Waals surface area contributed by atoms with Gasteiger partial charge in [-0.05, 0) is 44.1 Å². The summed E-state index contributed by atoms with van der Waals surface area (Å²) in [4.78, 5) is 11.8. The van der Waals surface area contributed by atoms with Crippen molar-refractivity contribution in [1.82, 2.24) is 10.9 Å². The number of allylic oxidation sites excluding steroid dienone is 6. The van der Waals surface area contributed by atoms with Crippen LogP contribution in [0.15, 0.2) is 66.8 Å². The Morgan fingerprint density at radius 1 is 0.821 bits per heavy atom. The Kier molecular flexibility index (Phi) is 15.6. The average molecular weight is 383 g/mol. The normalized spacial score (nSPS) is 11.8. The molecule has 0 fully saturated rings. The Bertz CT molecular complexity index is 575. The molecule has 0 aliphatic carbocycles. The van der Waals surface area contributed by atoms with Crippen LogP contribution in [0.4, 0.5) is 0 Å². The highest BCUT2D eigenvalue weighted by molar-refractivity contribution is 5.75. The fourth-order valence-corrected chi connectivity index (χ4v) is 2.81. The predicted molar refractivity (Wildman–Crippen MR) is 121 cm³/mol. The lowest BCUT2D eigenvalue weighted by Crippen LogP contribution is -2.36. The summed E-state index contributed by atoms with van der Waals surface area (Å²) in [6, 6.07) is 10.1. The van der Waals surface area contributed by atoms with Crippen molar-refractivity contribution in [3.63, 3.8) is 0 Å². The predicted octanol–water partition coefficient (Wildman–Crippen LogP) is 6.40. The molecule has 0 atom stereocenters. The number of hydrogen-bond donors (Lipinski definition) is 2. The Balaban J connectivity index is 1.86. The summed E-state index contributed by atoms with van der Waals surface area (Å²) in [6.45, 7) is 2.82. The molecule has 2 N–H and O–H groups in total. The number of carbonyl (C=O) groups excluding carboxylic acids is 1. The van der Waals surface area contributed by atoms with E-state index < -0.39 is 0 Å². The van der Waals surface area contributed by atoms with Gasteiger partial charge in [-0.3, -0.25) is 10.2 Å². The molecule has 154 valence electrons. The van der Waals surface area contributed by atoms with Gasteiger partial charge in [0, 0.05) is 13.0 Å². The standard InChI is InChI=1S/C25H38N2O/c1-2-3-4-5-6-7-8-9-10-11-12-13-14-15-19-22-25(28)27-26-23-24-20-17-16-18-21-24/h3-4,6-7,9-10,16-18,20-21,26H,2,5,8,11-15,19,22-23H2,1H3,(H,27,28). The molecule has 1 amide bonds. The van der Waals surface area contributed by atoms with Gasteiger partial charge in [0.25, 0.3) is 0 Å².